The number of pyridine rings is 1. The highest BCUT2D eigenvalue weighted by Gasteiger charge is 2.21. The van der Waals surface area contributed by atoms with Crippen LogP contribution in [0.5, 0.6) is 0 Å². The molecule has 2 atom stereocenters. The summed E-state index contributed by atoms with van der Waals surface area (Å²) in [5, 5.41) is 0.0352. The SMILES string of the molecule is CCC(N)C(Sc1cccc(F)c1)c1ccccn1. The van der Waals surface area contributed by atoms with Gasteiger partial charge in [-0.05, 0) is 36.8 Å². The molecule has 0 saturated heterocycles. The van der Waals surface area contributed by atoms with Crippen molar-refractivity contribution in [1.29, 1.82) is 0 Å². The molecule has 2 nitrogen and oxygen atoms in total. The van der Waals surface area contributed by atoms with E-state index in [9.17, 15) is 4.39 Å². The maximum Gasteiger partial charge on any atom is 0.124 e. The molecule has 0 amide bonds. The van der Waals surface area contributed by atoms with Gasteiger partial charge in [-0.3, -0.25) is 4.98 Å². The van der Waals surface area contributed by atoms with Crippen LogP contribution in [0.4, 0.5) is 4.39 Å². The van der Waals surface area contributed by atoms with Gasteiger partial charge in [0.15, 0.2) is 0 Å². The number of halogens is 1. The third-order valence-corrected chi connectivity index (χ3v) is 4.27. The van der Waals surface area contributed by atoms with Gasteiger partial charge in [-0.1, -0.05) is 19.1 Å². The second-order valence-electron chi connectivity index (χ2n) is 4.32. The molecule has 2 aromatic rings. The summed E-state index contributed by atoms with van der Waals surface area (Å²) in [5.74, 6) is -0.227. The molecule has 2 rings (SSSR count). The van der Waals surface area contributed by atoms with E-state index >= 15 is 0 Å². The predicted octanol–water partition coefficient (Wildman–Crippen LogP) is 3.79. The first-order chi connectivity index (χ1) is 9.20. The van der Waals surface area contributed by atoms with Crippen LogP contribution in [0.1, 0.15) is 24.3 Å². The number of aromatic nitrogens is 1. The number of hydrogen-bond acceptors (Lipinski definition) is 3. The lowest BCUT2D eigenvalue weighted by atomic mass is 10.1. The largest absolute Gasteiger partial charge is 0.326 e. The Morgan fingerprint density at radius 3 is 2.74 bits per heavy atom. The van der Waals surface area contributed by atoms with Gasteiger partial charge in [0.25, 0.3) is 0 Å². The first kappa shape index (κ1) is 14.0. The van der Waals surface area contributed by atoms with Crippen LogP contribution in [-0.4, -0.2) is 11.0 Å². The molecule has 0 fully saturated rings. The molecule has 1 heterocycles. The summed E-state index contributed by atoms with van der Waals surface area (Å²) in [4.78, 5) is 5.25. The average molecular weight is 276 g/mol. The predicted molar refractivity (Wildman–Crippen MR) is 77.5 cm³/mol. The van der Waals surface area contributed by atoms with E-state index in [0.717, 1.165) is 17.0 Å². The van der Waals surface area contributed by atoms with Crippen LogP contribution in [0.3, 0.4) is 0 Å². The molecule has 1 aromatic carbocycles. The lowest BCUT2D eigenvalue weighted by Gasteiger charge is -2.22. The lowest BCUT2D eigenvalue weighted by molar-refractivity contribution is 0.619. The van der Waals surface area contributed by atoms with Crippen molar-refractivity contribution >= 4 is 11.8 Å². The van der Waals surface area contributed by atoms with E-state index in [1.807, 2.05) is 31.2 Å². The molecule has 100 valence electrons. The van der Waals surface area contributed by atoms with Gasteiger partial charge in [0.1, 0.15) is 5.82 Å². The number of nitrogens with two attached hydrogens (primary N) is 1. The van der Waals surface area contributed by atoms with Gasteiger partial charge in [0.05, 0.1) is 10.9 Å². The zero-order valence-corrected chi connectivity index (χ0v) is 11.6. The molecule has 0 aliphatic rings. The van der Waals surface area contributed by atoms with Crippen molar-refractivity contribution in [2.24, 2.45) is 5.73 Å². The molecule has 0 saturated carbocycles. The van der Waals surface area contributed by atoms with E-state index in [2.05, 4.69) is 4.98 Å². The minimum atomic E-state index is -0.227. The topological polar surface area (TPSA) is 38.9 Å². The third-order valence-electron chi connectivity index (χ3n) is 2.90. The van der Waals surface area contributed by atoms with Gasteiger partial charge in [-0.25, -0.2) is 4.39 Å². The first-order valence-electron chi connectivity index (χ1n) is 6.29. The lowest BCUT2D eigenvalue weighted by Crippen LogP contribution is -2.26. The molecule has 0 radical (unpaired) electrons. The van der Waals surface area contributed by atoms with Crippen LogP contribution in [0.2, 0.25) is 0 Å². The van der Waals surface area contributed by atoms with E-state index in [4.69, 9.17) is 5.73 Å². The Labute approximate surface area is 117 Å². The van der Waals surface area contributed by atoms with E-state index in [1.54, 1.807) is 24.0 Å². The minimum absolute atomic E-state index is 0.0110. The highest BCUT2D eigenvalue weighted by Crippen LogP contribution is 2.37. The Kier molecular flexibility index (Phi) is 4.93. The molecule has 2 unspecified atom stereocenters. The van der Waals surface area contributed by atoms with Gasteiger partial charge in [-0.2, -0.15) is 0 Å². The number of rotatable bonds is 5. The summed E-state index contributed by atoms with van der Waals surface area (Å²) in [5.41, 5.74) is 7.12. The highest BCUT2D eigenvalue weighted by atomic mass is 32.2. The van der Waals surface area contributed by atoms with Gasteiger partial charge < -0.3 is 5.73 Å². The maximum absolute atomic E-state index is 13.2. The zero-order valence-electron chi connectivity index (χ0n) is 10.8. The summed E-state index contributed by atoms with van der Waals surface area (Å²) in [6.07, 6.45) is 2.61. The van der Waals surface area contributed by atoms with Crippen molar-refractivity contribution < 1.29 is 4.39 Å². The normalized spacial score (nSPS) is 14.1. The molecular formula is C15H17FN2S. The molecule has 1 aromatic heterocycles. The van der Waals surface area contributed by atoms with Crippen molar-refractivity contribution in [2.45, 2.75) is 29.5 Å². The number of hydrogen-bond donors (Lipinski definition) is 1. The van der Waals surface area contributed by atoms with Crippen LogP contribution in [0.25, 0.3) is 0 Å². The summed E-state index contributed by atoms with van der Waals surface area (Å²) >= 11 is 1.56. The van der Waals surface area contributed by atoms with Crippen molar-refractivity contribution in [2.75, 3.05) is 0 Å². The summed E-state index contributed by atoms with van der Waals surface area (Å²) in [7, 11) is 0. The van der Waals surface area contributed by atoms with Crippen LogP contribution < -0.4 is 5.73 Å². The van der Waals surface area contributed by atoms with Crippen LogP contribution in [0.15, 0.2) is 53.6 Å². The quantitative estimate of drug-likeness (QED) is 0.844. The molecule has 0 aliphatic carbocycles. The van der Waals surface area contributed by atoms with Crippen LogP contribution >= 0.6 is 11.8 Å². The fraction of sp³-hybridized carbons (Fsp3) is 0.267. The standard InChI is InChI=1S/C15H17FN2S/c1-2-13(17)15(14-8-3-4-9-18-14)19-12-7-5-6-11(16)10-12/h3-10,13,15H,2,17H2,1H3. The van der Waals surface area contributed by atoms with E-state index in [1.165, 1.54) is 12.1 Å². The van der Waals surface area contributed by atoms with Crippen molar-refractivity contribution in [3.05, 3.63) is 60.2 Å². The van der Waals surface area contributed by atoms with Crippen LogP contribution in [-0.2, 0) is 0 Å². The molecule has 0 aliphatic heterocycles. The summed E-state index contributed by atoms with van der Waals surface area (Å²) < 4.78 is 13.2. The van der Waals surface area contributed by atoms with Gasteiger partial charge in [0.2, 0.25) is 0 Å². The second kappa shape index (κ2) is 6.68. The smallest absolute Gasteiger partial charge is 0.124 e. The Morgan fingerprint density at radius 1 is 1.26 bits per heavy atom. The monoisotopic (exact) mass is 276 g/mol. The molecular weight excluding hydrogens is 259 g/mol. The number of nitrogens with zero attached hydrogens (tertiary/aromatic N) is 1. The van der Waals surface area contributed by atoms with E-state index < -0.39 is 0 Å². The fourth-order valence-electron chi connectivity index (χ4n) is 1.81. The second-order valence-corrected chi connectivity index (χ2v) is 5.54. The van der Waals surface area contributed by atoms with E-state index in [-0.39, 0.29) is 17.1 Å². The zero-order chi connectivity index (χ0) is 13.7. The molecule has 0 spiro atoms. The minimum Gasteiger partial charge on any atom is -0.326 e. The van der Waals surface area contributed by atoms with Gasteiger partial charge in [0, 0.05) is 17.1 Å². The maximum atomic E-state index is 13.2. The average Bonchev–Trinajstić information content (AvgIpc) is 2.45. The Hall–Kier alpha value is -1.39. The fourth-order valence-corrected chi connectivity index (χ4v) is 3.07. The molecule has 4 heteroatoms. The summed E-state index contributed by atoms with van der Waals surface area (Å²) in [6.45, 7) is 2.05. The Balaban J connectivity index is 2.24. The van der Waals surface area contributed by atoms with Gasteiger partial charge >= 0.3 is 0 Å². The van der Waals surface area contributed by atoms with Crippen molar-refractivity contribution in [1.82, 2.24) is 4.98 Å². The number of benzene rings is 1. The van der Waals surface area contributed by atoms with Crippen molar-refractivity contribution in [3.8, 4) is 0 Å². The molecule has 0 bridgehead atoms. The van der Waals surface area contributed by atoms with Gasteiger partial charge in [-0.15, -0.1) is 11.8 Å². The van der Waals surface area contributed by atoms with Crippen LogP contribution in [0, 0.1) is 5.82 Å². The number of thioether (sulfide) groups is 1. The summed E-state index contributed by atoms with van der Waals surface area (Å²) in [6, 6.07) is 12.4. The highest BCUT2D eigenvalue weighted by molar-refractivity contribution is 7.99. The molecule has 19 heavy (non-hydrogen) atoms. The Morgan fingerprint density at radius 2 is 2.11 bits per heavy atom. The first-order valence-corrected chi connectivity index (χ1v) is 7.17. The third kappa shape index (κ3) is 3.78. The Bertz CT molecular complexity index is 519. The van der Waals surface area contributed by atoms with Crippen molar-refractivity contribution in [3.63, 3.8) is 0 Å². The molecule has 2 N–H and O–H groups in total. The van der Waals surface area contributed by atoms with E-state index in [0.29, 0.717) is 0 Å².